The van der Waals surface area contributed by atoms with E-state index in [1.54, 1.807) is 7.11 Å². The first kappa shape index (κ1) is 21.4. The Kier molecular flexibility index (Phi) is 4.83. The van der Waals surface area contributed by atoms with Crippen LogP contribution in [0.25, 0.3) is 0 Å². The number of rotatable bonds is 3. The fourth-order valence-electron chi connectivity index (χ4n) is 8.01. The number of nitrogens with zero attached hydrogens (tertiary/aromatic N) is 1. The molecule has 0 aromatic heterocycles. The highest BCUT2D eigenvalue weighted by molar-refractivity contribution is 6.07. The molecule has 2 heterocycles. The van der Waals surface area contributed by atoms with Gasteiger partial charge in [-0.05, 0) is 80.7 Å². The van der Waals surface area contributed by atoms with Crippen molar-refractivity contribution in [1.29, 1.82) is 0 Å². The summed E-state index contributed by atoms with van der Waals surface area (Å²) < 4.78 is 5.56. The van der Waals surface area contributed by atoms with Crippen LogP contribution >= 0.6 is 0 Å². The summed E-state index contributed by atoms with van der Waals surface area (Å²) >= 11 is 0. The molecule has 3 aliphatic carbocycles. The van der Waals surface area contributed by atoms with Gasteiger partial charge in [0.2, 0.25) is 0 Å². The zero-order valence-electron chi connectivity index (χ0n) is 19.5. The number of hydrogen-bond acceptors (Lipinski definition) is 5. The maximum absolute atomic E-state index is 12.9. The van der Waals surface area contributed by atoms with Gasteiger partial charge in [-0.3, -0.25) is 15.0 Å². The van der Waals surface area contributed by atoms with E-state index in [-0.39, 0.29) is 11.9 Å². The number of carbonyl (C=O) groups excluding carboxylic acids is 2. The number of methoxy groups -OCH3 is 1. The SMILES string of the molecule is COc1ccc2c(c1)C13CCN(CC4CCCCC4)C(C2)C1(O)CCC1(C3)NC(=O)NC1=O. The van der Waals surface area contributed by atoms with E-state index in [4.69, 9.17) is 4.74 Å². The molecule has 1 spiro atoms. The van der Waals surface area contributed by atoms with Gasteiger partial charge in [-0.25, -0.2) is 4.79 Å². The number of likely N-dealkylation sites (tertiary alicyclic amines) is 1. The average molecular weight is 454 g/mol. The predicted molar refractivity (Wildman–Crippen MR) is 123 cm³/mol. The van der Waals surface area contributed by atoms with Crippen molar-refractivity contribution >= 4 is 11.9 Å². The molecule has 2 aliphatic heterocycles. The van der Waals surface area contributed by atoms with E-state index >= 15 is 0 Å². The van der Waals surface area contributed by atoms with E-state index in [9.17, 15) is 14.7 Å². The number of fused-ring (bicyclic) bond motifs is 1. The van der Waals surface area contributed by atoms with E-state index in [1.807, 2.05) is 6.07 Å². The molecule has 1 aromatic rings. The second-order valence-electron chi connectivity index (χ2n) is 11.2. The number of benzene rings is 1. The van der Waals surface area contributed by atoms with E-state index in [0.717, 1.165) is 37.2 Å². The van der Waals surface area contributed by atoms with Gasteiger partial charge in [-0.2, -0.15) is 0 Å². The first-order valence-corrected chi connectivity index (χ1v) is 12.7. The maximum atomic E-state index is 12.9. The summed E-state index contributed by atoms with van der Waals surface area (Å²) in [6.07, 6.45) is 9.55. The topological polar surface area (TPSA) is 90.9 Å². The lowest BCUT2D eigenvalue weighted by atomic mass is 9.46. The average Bonchev–Trinajstić information content (AvgIpc) is 3.09. The van der Waals surface area contributed by atoms with Crippen LogP contribution in [0.5, 0.6) is 5.75 Å². The van der Waals surface area contributed by atoms with Crippen molar-refractivity contribution in [3.8, 4) is 5.75 Å². The Bertz CT molecular complexity index is 992. The van der Waals surface area contributed by atoms with Crippen LogP contribution in [0.3, 0.4) is 0 Å². The lowest BCUT2D eigenvalue weighted by molar-refractivity contribution is -0.182. The Balaban J connectivity index is 1.43. The minimum Gasteiger partial charge on any atom is -0.497 e. The summed E-state index contributed by atoms with van der Waals surface area (Å²) in [6, 6.07) is 5.83. The molecule has 3 N–H and O–H groups in total. The summed E-state index contributed by atoms with van der Waals surface area (Å²) in [4.78, 5) is 27.6. The third-order valence-electron chi connectivity index (χ3n) is 9.66. The molecule has 2 bridgehead atoms. The molecule has 2 saturated carbocycles. The van der Waals surface area contributed by atoms with Crippen molar-refractivity contribution in [2.75, 3.05) is 20.2 Å². The molecule has 6 rings (SSSR count). The van der Waals surface area contributed by atoms with E-state index in [0.29, 0.717) is 25.2 Å². The van der Waals surface area contributed by atoms with Gasteiger partial charge >= 0.3 is 6.03 Å². The lowest BCUT2D eigenvalue weighted by Crippen LogP contribution is -2.76. The molecule has 7 heteroatoms. The molecule has 5 aliphatic rings. The largest absolute Gasteiger partial charge is 0.497 e. The standard InChI is InChI=1S/C26H35N3O4/c1-33-19-8-7-18-13-21-26(32)10-9-25(22(30)27-23(31)28-25)16-24(26,20(18)14-19)11-12-29(21)15-17-5-3-2-4-6-17/h7-8,14,17,21,32H,2-6,9-13,15-16H2,1H3,(H2,27,28,30,31). The molecule has 2 saturated heterocycles. The molecular weight excluding hydrogens is 418 g/mol. The zero-order valence-corrected chi connectivity index (χ0v) is 19.5. The van der Waals surface area contributed by atoms with Crippen molar-refractivity contribution in [2.45, 2.75) is 86.8 Å². The smallest absolute Gasteiger partial charge is 0.322 e. The number of amides is 3. The number of nitrogens with one attached hydrogen (secondary N) is 2. The highest BCUT2D eigenvalue weighted by Crippen LogP contribution is 2.60. The Morgan fingerprint density at radius 1 is 1.15 bits per heavy atom. The minimum atomic E-state index is -0.947. The Labute approximate surface area is 195 Å². The highest BCUT2D eigenvalue weighted by Gasteiger charge is 2.69. The van der Waals surface area contributed by atoms with Gasteiger partial charge in [0.25, 0.3) is 5.91 Å². The van der Waals surface area contributed by atoms with Crippen LogP contribution in [0.4, 0.5) is 4.79 Å². The summed E-state index contributed by atoms with van der Waals surface area (Å²) in [6.45, 7) is 1.96. The quantitative estimate of drug-likeness (QED) is 0.612. The van der Waals surface area contributed by atoms with Gasteiger partial charge in [-0.1, -0.05) is 25.3 Å². The number of aliphatic hydroxyl groups is 1. The lowest BCUT2D eigenvalue weighted by Gasteiger charge is -2.66. The van der Waals surface area contributed by atoms with Crippen LogP contribution in [0.2, 0.25) is 0 Å². The highest BCUT2D eigenvalue weighted by atomic mass is 16.5. The molecule has 1 aromatic carbocycles. The Hall–Kier alpha value is -2.12. The first-order valence-electron chi connectivity index (χ1n) is 12.7. The molecule has 7 nitrogen and oxygen atoms in total. The number of urea groups is 1. The molecule has 4 unspecified atom stereocenters. The monoisotopic (exact) mass is 453 g/mol. The molecule has 4 fully saturated rings. The fourth-order valence-corrected chi connectivity index (χ4v) is 8.01. The predicted octanol–water partition coefficient (Wildman–Crippen LogP) is 2.64. The Morgan fingerprint density at radius 3 is 2.70 bits per heavy atom. The third kappa shape index (κ3) is 3.01. The van der Waals surface area contributed by atoms with Gasteiger partial charge in [0.15, 0.2) is 0 Å². The van der Waals surface area contributed by atoms with Gasteiger partial charge in [0.1, 0.15) is 11.3 Å². The summed E-state index contributed by atoms with van der Waals surface area (Å²) in [5.74, 6) is 1.23. The fraction of sp³-hybridized carbons (Fsp3) is 0.692. The number of carbonyl (C=O) groups is 2. The van der Waals surface area contributed by atoms with E-state index < -0.39 is 22.6 Å². The van der Waals surface area contributed by atoms with Gasteiger partial charge < -0.3 is 15.2 Å². The summed E-state index contributed by atoms with van der Waals surface area (Å²) in [5.41, 5.74) is -0.128. The van der Waals surface area contributed by atoms with Crippen molar-refractivity contribution in [1.82, 2.24) is 15.5 Å². The van der Waals surface area contributed by atoms with Crippen molar-refractivity contribution < 1.29 is 19.4 Å². The second kappa shape index (κ2) is 7.44. The van der Waals surface area contributed by atoms with Crippen molar-refractivity contribution in [3.63, 3.8) is 0 Å². The van der Waals surface area contributed by atoms with E-state index in [1.165, 1.54) is 37.7 Å². The van der Waals surface area contributed by atoms with Crippen LogP contribution < -0.4 is 15.4 Å². The number of piperidine rings is 1. The molecule has 0 radical (unpaired) electrons. The van der Waals surface area contributed by atoms with Crippen LogP contribution in [0, 0.1) is 5.92 Å². The minimum absolute atomic E-state index is 0.0339. The van der Waals surface area contributed by atoms with Crippen LogP contribution in [0.1, 0.15) is 68.9 Å². The molecule has 3 amide bonds. The Morgan fingerprint density at radius 2 is 1.97 bits per heavy atom. The summed E-state index contributed by atoms with van der Waals surface area (Å²) in [5, 5.41) is 17.9. The van der Waals surface area contributed by atoms with Crippen molar-refractivity contribution in [2.24, 2.45) is 5.92 Å². The number of hydrogen-bond donors (Lipinski definition) is 3. The molecular formula is C26H35N3O4. The second-order valence-corrected chi connectivity index (χ2v) is 11.2. The van der Waals surface area contributed by atoms with Gasteiger partial charge in [0.05, 0.1) is 12.7 Å². The zero-order chi connectivity index (χ0) is 22.8. The molecule has 4 atom stereocenters. The van der Waals surface area contributed by atoms with Crippen LogP contribution in [-0.2, 0) is 16.6 Å². The number of ether oxygens (including phenoxy) is 1. The van der Waals surface area contributed by atoms with Crippen molar-refractivity contribution in [3.05, 3.63) is 29.3 Å². The first-order chi connectivity index (χ1) is 15.9. The third-order valence-corrected chi connectivity index (χ3v) is 9.66. The molecule has 33 heavy (non-hydrogen) atoms. The number of imide groups is 1. The van der Waals surface area contributed by atoms with Crippen LogP contribution in [0.15, 0.2) is 18.2 Å². The van der Waals surface area contributed by atoms with E-state index in [2.05, 4.69) is 27.7 Å². The normalized spacial score (nSPS) is 38.4. The van der Waals surface area contributed by atoms with Crippen LogP contribution in [-0.4, -0.2) is 59.3 Å². The molecule has 178 valence electrons. The maximum Gasteiger partial charge on any atom is 0.322 e. The van der Waals surface area contributed by atoms with Gasteiger partial charge in [0, 0.05) is 18.0 Å². The van der Waals surface area contributed by atoms with Gasteiger partial charge in [-0.15, -0.1) is 0 Å². The summed E-state index contributed by atoms with van der Waals surface area (Å²) in [7, 11) is 1.66.